The first-order chi connectivity index (χ1) is 13.5. The Morgan fingerprint density at radius 1 is 1.18 bits per heavy atom. The first-order valence-corrected chi connectivity index (χ1v) is 8.88. The highest BCUT2D eigenvalue weighted by atomic mass is 79.9. The van der Waals surface area contributed by atoms with E-state index in [-0.39, 0.29) is 0 Å². The summed E-state index contributed by atoms with van der Waals surface area (Å²) < 4.78 is 17.1. The normalized spacial score (nSPS) is 10.8. The Labute approximate surface area is 166 Å². The molecule has 4 rings (SSSR count). The highest BCUT2D eigenvalue weighted by molar-refractivity contribution is 9.10. The van der Waals surface area contributed by atoms with Gasteiger partial charge < -0.3 is 5.32 Å². The smallest absolute Gasteiger partial charge is 0.307 e. The van der Waals surface area contributed by atoms with Crippen molar-refractivity contribution in [3.8, 4) is 11.3 Å². The van der Waals surface area contributed by atoms with Gasteiger partial charge >= 0.3 is 6.03 Å². The molecule has 10 heteroatoms. The lowest BCUT2D eigenvalue weighted by atomic mass is 10.1. The van der Waals surface area contributed by atoms with E-state index in [0.29, 0.717) is 32.9 Å². The van der Waals surface area contributed by atoms with E-state index in [1.165, 1.54) is 47.4 Å². The molecule has 0 aliphatic carbocycles. The Morgan fingerprint density at radius 3 is 2.68 bits per heavy atom. The van der Waals surface area contributed by atoms with Crippen molar-refractivity contribution in [2.45, 2.75) is 0 Å². The van der Waals surface area contributed by atoms with Crippen LogP contribution in [0.4, 0.5) is 20.7 Å². The molecule has 28 heavy (non-hydrogen) atoms. The zero-order valence-corrected chi connectivity index (χ0v) is 15.8. The molecule has 0 unspecified atom stereocenters. The topological polar surface area (TPSA) is 95.4 Å². The third-order valence-electron chi connectivity index (χ3n) is 3.89. The minimum Gasteiger partial charge on any atom is -0.307 e. The number of hydrogen-bond acceptors (Lipinski definition) is 4. The van der Waals surface area contributed by atoms with E-state index in [1.54, 1.807) is 18.2 Å². The summed E-state index contributed by atoms with van der Waals surface area (Å²) in [7, 11) is 0. The van der Waals surface area contributed by atoms with Crippen molar-refractivity contribution >= 4 is 39.1 Å². The average Bonchev–Trinajstić information content (AvgIpc) is 3.05. The quantitative estimate of drug-likeness (QED) is 0.333. The van der Waals surface area contributed by atoms with E-state index >= 15 is 0 Å². The van der Waals surface area contributed by atoms with Crippen LogP contribution in [0.5, 0.6) is 0 Å². The summed E-state index contributed by atoms with van der Waals surface area (Å²) in [4.78, 5) is 16.8. The molecular weight excluding hydrogens is 431 g/mol. The van der Waals surface area contributed by atoms with Crippen LogP contribution in [0.1, 0.15) is 0 Å². The number of nitrogens with zero attached hydrogens (tertiary/aromatic N) is 4. The summed E-state index contributed by atoms with van der Waals surface area (Å²) in [5.41, 5.74) is 1.56. The van der Waals surface area contributed by atoms with Crippen molar-refractivity contribution in [2.75, 3.05) is 10.6 Å². The van der Waals surface area contributed by atoms with Crippen LogP contribution in [-0.4, -0.2) is 25.8 Å². The molecule has 0 fully saturated rings. The van der Waals surface area contributed by atoms with Crippen LogP contribution in [0.25, 0.3) is 16.9 Å². The molecular formula is C18H13BrFN6O2+. The summed E-state index contributed by atoms with van der Waals surface area (Å²) in [5, 5.41) is 18.8. The van der Waals surface area contributed by atoms with Gasteiger partial charge in [0.05, 0.1) is 22.1 Å². The number of pyridine rings is 1. The Hall–Kier alpha value is -3.53. The Morgan fingerprint density at radius 2 is 1.93 bits per heavy atom. The Balaban J connectivity index is 1.70. The molecule has 0 saturated carbocycles. The summed E-state index contributed by atoms with van der Waals surface area (Å²) in [6, 6.07) is 10.3. The monoisotopic (exact) mass is 443 g/mol. The lowest BCUT2D eigenvalue weighted by Gasteiger charge is -2.11. The van der Waals surface area contributed by atoms with Crippen LogP contribution < -0.4 is 15.4 Å². The standard InChI is InChI=1S/C18H12BrFN6O2/c19-13-10-21-26-16(24-18(27)22-11-5-7-25(28)8-6-11)9-15(23-17(13)26)12-3-1-2-4-14(12)20/h1-10,28H,(H,21,23,24,27)/p+1. The van der Waals surface area contributed by atoms with Gasteiger partial charge in [-0.1, -0.05) is 12.1 Å². The second kappa shape index (κ2) is 7.24. The van der Waals surface area contributed by atoms with Crippen LogP contribution in [-0.2, 0) is 0 Å². The first-order valence-electron chi connectivity index (χ1n) is 8.09. The van der Waals surface area contributed by atoms with Crippen LogP contribution in [0.2, 0.25) is 0 Å². The van der Waals surface area contributed by atoms with Gasteiger partial charge in [-0.2, -0.15) is 9.61 Å². The third-order valence-corrected chi connectivity index (χ3v) is 4.45. The number of halogens is 2. The van der Waals surface area contributed by atoms with Gasteiger partial charge in [0.25, 0.3) is 0 Å². The molecule has 140 valence electrons. The van der Waals surface area contributed by atoms with Crippen molar-refractivity contribution in [2.24, 2.45) is 0 Å². The SMILES string of the molecule is O=C(Nc1cc[n+](O)cc1)Nc1cc(-c2ccccc2F)nc2c(Br)cnn12. The minimum absolute atomic E-state index is 0.303. The Kier molecular flexibility index (Phi) is 4.62. The van der Waals surface area contributed by atoms with Gasteiger partial charge in [-0.15, -0.1) is 0 Å². The van der Waals surface area contributed by atoms with Crippen molar-refractivity contribution in [3.63, 3.8) is 0 Å². The summed E-state index contributed by atoms with van der Waals surface area (Å²) in [6.07, 6.45) is 4.29. The van der Waals surface area contributed by atoms with Gasteiger partial charge in [-0.05, 0) is 28.1 Å². The number of carbonyl (C=O) groups is 1. The molecule has 3 aromatic heterocycles. The molecule has 0 atom stereocenters. The van der Waals surface area contributed by atoms with E-state index in [0.717, 1.165) is 4.73 Å². The fourth-order valence-electron chi connectivity index (χ4n) is 2.61. The van der Waals surface area contributed by atoms with E-state index in [1.807, 2.05) is 0 Å². The molecule has 8 nitrogen and oxygen atoms in total. The molecule has 3 heterocycles. The summed E-state index contributed by atoms with van der Waals surface area (Å²) in [6.45, 7) is 0. The van der Waals surface area contributed by atoms with Crippen LogP contribution >= 0.6 is 15.9 Å². The molecule has 0 spiro atoms. The fraction of sp³-hybridized carbons (Fsp3) is 0. The highest BCUT2D eigenvalue weighted by Gasteiger charge is 2.15. The maximum Gasteiger partial charge on any atom is 0.324 e. The number of amides is 2. The van der Waals surface area contributed by atoms with Gasteiger partial charge in [0.2, 0.25) is 12.4 Å². The molecule has 2 amide bonds. The maximum atomic E-state index is 14.2. The molecule has 0 aliphatic heterocycles. The lowest BCUT2D eigenvalue weighted by Crippen LogP contribution is -2.28. The van der Waals surface area contributed by atoms with Gasteiger partial charge in [0.1, 0.15) is 11.6 Å². The van der Waals surface area contributed by atoms with Crippen molar-refractivity contribution in [1.29, 1.82) is 0 Å². The number of rotatable bonds is 3. The number of carbonyl (C=O) groups excluding carboxylic acids is 1. The number of aromatic nitrogens is 4. The summed E-state index contributed by atoms with van der Waals surface area (Å²) in [5.74, 6) is -0.119. The largest absolute Gasteiger partial charge is 0.324 e. The average molecular weight is 444 g/mol. The molecule has 0 aliphatic rings. The number of benzene rings is 1. The van der Waals surface area contributed by atoms with E-state index < -0.39 is 11.8 Å². The number of hydrogen-bond donors (Lipinski definition) is 3. The molecule has 0 saturated heterocycles. The second-order valence-corrected chi connectivity index (χ2v) is 6.63. The second-order valence-electron chi connectivity index (χ2n) is 5.78. The molecule has 3 N–H and O–H groups in total. The number of fused-ring (bicyclic) bond motifs is 1. The van der Waals surface area contributed by atoms with Crippen LogP contribution in [0.15, 0.2) is 65.5 Å². The maximum absolute atomic E-state index is 14.2. The fourth-order valence-corrected chi connectivity index (χ4v) is 2.96. The zero-order valence-electron chi connectivity index (χ0n) is 14.2. The number of nitrogens with one attached hydrogen (secondary N) is 2. The highest BCUT2D eigenvalue weighted by Crippen LogP contribution is 2.27. The minimum atomic E-state index is -0.533. The number of urea groups is 1. The first kappa shape index (κ1) is 17.9. The van der Waals surface area contributed by atoms with Gasteiger partial charge in [0.15, 0.2) is 5.65 Å². The predicted molar refractivity (Wildman–Crippen MR) is 103 cm³/mol. The van der Waals surface area contributed by atoms with E-state index in [9.17, 15) is 14.4 Å². The summed E-state index contributed by atoms with van der Waals surface area (Å²) >= 11 is 3.36. The Bertz CT molecular complexity index is 1180. The molecule has 0 radical (unpaired) electrons. The third kappa shape index (κ3) is 3.49. The van der Waals surface area contributed by atoms with Crippen LogP contribution in [0.3, 0.4) is 0 Å². The van der Waals surface area contributed by atoms with Crippen LogP contribution in [0, 0.1) is 5.82 Å². The molecule has 0 bridgehead atoms. The van der Waals surface area contributed by atoms with Gasteiger partial charge in [0, 0.05) is 28.5 Å². The van der Waals surface area contributed by atoms with E-state index in [2.05, 4.69) is 36.6 Å². The van der Waals surface area contributed by atoms with Crippen molar-refractivity contribution < 1.29 is 19.1 Å². The predicted octanol–water partition coefficient (Wildman–Crippen LogP) is 3.47. The van der Waals surface area contributed by atoms with Crippen molar-refractivity contribution in [1.82, 2.24) is 14.6 Å². The van der Waals surface area contributed by atoms with E-state index in [4.69, 9.17) is 0 Å². The molecule has 4 aromatic rings. The number of anilines is 2. The van der Waals surface area contributed by atoms with Gasteiger partial charge in [-0.3, -0.25) is 10.5 Å². The van der Waals surface area contributed by atoms with Gasteiger partial charge in [-0.25, -0.2) is 14.2 Å². The molecule has 1 aromatic carbocycles. The van der Waals surface area contributed by atoms with Crippen molar-refractivity contribution in [3.05, 3.63) is 71.3 Å². The zero-order chi connectivity index (χ0) is 19.7. The lowest BCUT2D eigenvalue weighted by molar-refractivity contribution is -0.904.